The van der Waals surface area contributed by atoms with Crippen LogP contribution >= 0.6 is 11.6 Å². The molecule has 0 spiro atoms. The van der Waals surface area contributed by atoms with Crippen LogP contribution in [0.5, 0.6) is 0 Å². The second kappa shape index (κ2) is 5.30. The lowest BCUT2D eigenvalue weighted by atomic mass is 9.97. The Labute approximate surface area is 127 Å². The van der Waals surface area contributed by atoms with E-state index in [4.69, 9.17) is 21.8 Å². The Morgan fingerprint density at radius 2 is 1.90 bits per heavy atom. The van der Waals surface area contributed by atoms with E-state index in [1.54, 1.807) is 12.3 Å². The molecule has 4 nitrogen and oxygen atoms in total. The van der Waals surface area contributed by atoms with Crippen molar-refractivity contribution in [3.05, 3.63) is 47.4 Å². The van der Waals surface area contributed by atoms with Gasteiger partial charge in [0.15, 0.2) is 5.82 Å². The molecule has 0 atom stereocenters. The highest BCUT2D eigenvalue weighted by molar-refractivity contribution is 6.31. The summed E-state index contributed by atoms with van der Waals surface area (Å²) in [4.78, 5) is 0. The summed E-state index contributed by atoms with van der Waals surface area (Å²) in [5.41, 5.74) is 10.7. The maximum atomic E-state index is 6.05. The molecule has 0 bridgehead atoms. The average Bonchev–Trinajstić information content (AvgIpc) is 3.04. The van der Waals surface area contributed by atoms with Gasteiger partial charge in [0.2, 0.25) is 5.22 Å². The molecule has 0 saturated heterocycles. The lowest BCUT2D eigenvalue weighted by Gasteiger charge is -2.08. The number of aromatic amines is 1. The van der Waals surface area contributed by atoms with Crippen molar-refractivity contribution < 1.29 is 4.42 Å². The Balaban J connectivity index is 2.10. The van der Waals surface area contributed by atoms with Gasteiger partial charge in [-0.05, 0) is 34.7 Å². The van der Waals surface area contributed by atoms with Crippen LogP contribution < -0.4 is 5.73 Å². The third kappa shape index (κ3) is 2.43. The molecule has 0 saturated carbocycles. The minimum atomic E-state index is 0.318. The zero-order valence-corrected chi connectivity index (χ0v) is 12.6. The summed E-state index contributed by atoms with van der Waals surface area (Å²) in [5.74, 6) is 0.933. The second-order valence-corrected chi connectivity index (χ2v) is 5.59. The lowest BCUT2D eigenvalue weighted by Crippen LogP contribution is -1.90. The summed E-state index contributed by atoms with van der Waals surface area (Å²) in [6.07, 6.45) is 1.54. The number of nitrogens with two attached hydrogens (primary N) is 1. The van der Waals surface area contributed by atoms with E-state index in [-0.39, 0.29) is 0 Å². The first-order valence-electron chi connectivity index (χ1n) is 6.75. The van der Waals surface area contributed by atoms with Gasteiger partial charge < -0.3 is 10.2 Å². The van der Waals surface area contributed by atoms with Crippen LogP contribution in [-0.4, -0.2) is 10.2 Å². The van der Waals surface area contributed by atoms with Gasteiger partial charge in [-0.1, -0.05) is 38.1 Å². The SMILES string of the molecule is CC(C)c1ccc(-c2c(N)n[nH]c2-c2ccoc2Cl)cc1. The Morgan fingerprint density at radius 3 is 2.48 bits per heavy atom. The van der Waals surface area contributed by atoms with E-state index in [0.29, 0.717) is 17.0 Å². The van der Waals surface area contributed by atoms with E-state index in [1.165, 1.54) is 5.56 Å². The molecule has 3 rings (SSSR count). The normalized spacial score (nSPS) is 11.2. The molecule has 21 heavy (non-hydrogen) atoms. The van der Waals surface area contributed by atoms with Gasteiger partial charge in [-0.25, -0.2) is 0 Å². The van der Waals surface area contributed by atoms with Crippen molar-refractivity contribution in [2.75, 3.05) is 5.73 Å². The highest BCUT2D eigenvalue weighted by Gasteiger charge is 2.18. The highest BCUT2D eigenvalue weighted by atomic mass is 35.5. The number of furan rings is 1. The van der Waals surface area contributed by atoms with Crippen molar-refractivity contribution in [1.82, 2.24) is 10.2 Å². The number of nitrogen functional groups attached to an aromatic ring is 1. The van der Waals surface area contributed by atoms with Crippen LogP contribution in [0.25, 0.3) is 22.4 Å². The van der Waals surface area contributed by atoms with Crippen LogP contribution in [0.4, 0.5) is 5.82 Å². The molecule has 2 aromatic heterocycles. The van der Waals surface area contributed by atoms with Crippen molar-refractivity contribution in [3.63, 3.8) is 0 Å². The number of H-pyrrole nitrogens is 1. The topological polar surface area (TPSA) is 67.8 Å². The Morgan fingerprint density at radius 1 is 1.19 bits per heavy atom. The first kappa shape index (κ1) is 13.8. The summed E-state index contributed by atoms with van der Waals surface area (Å²) in [5, 5.41) is 7.35. The van der Waals surface area contributed by atoms with Crippen LogP contribution in [0.2, 0.25) is 5.22 Å². The number of benzene rings is 1. The second-order valence-electron chi connectivity index (χ2n) is 5.24. The molecule has 3 N–H and O–H groups in total. The molecule has 0 fully saturated rings. The van der Waals surface area contributed by atoms with E-state index in [0.717, 1.165) is 22.4 Å². The monoisotopic (exact) mass is 301 g/mol. The van der Waals surface area contributed by atoms with Gasteiger partial charge in [0, 0.05) is 0 Å². The first-order chi connectivity index (χ1) is 10.1. The highest BCUT2D eigenvalue weighted by Crippen LogP contribution is 2.38. The van der Waals surface area contributed by atoms with Crippen molar-refractivity contribution in [2.45, 2.75) is 19.8 Å². The molecule has 108 valence electrons. The van der Waals surface area contributed by atoms with Crippen LogP contribution in [0.3, 0.4) is 0 Å². The van der Waals surface area contributed by atoms with Gasteiger partial charge in [0.25, 0.3) is 0 Å². The number of halogens is 1. The quantitative estimate of drug-likeness (QED) is 0.737. The number of anilines is 1. The molecule has 1 aromatic carbocycles. The number of rotatable bonds is 3. The number of aromatic nitrogens is 2. The average molecular weight is 302 g/mol. The third-order valence-electron chi connectivity index (χ3n) is 3.55. The van der Waals surface area contributed by atoms with Gasteiger partial charge in [-0.2, -0.15) is 5.10 Å². The molecule has 3 aromatic rings. The van der Waals surface area contributed by atoms with Crippen LogP contribution in [0.15, 0.2) is 41.0 Å². The third-order valence-corrected chi connectivity index (χ3v) is 3.84. The van der Waals surface area contributed by atoms with Crippen molar-refractivity contribution in [3.8, 4) is 22.4 Å². The Hall–Kier alpha value is -2.20. The number of hydrogen-bond donors (Lipinski definition) is 2. The van der Waals surface area contributed by atoms with Crippen molar-refractivity contribution in [2.24, 2.45) is 0 Å². The fourth-order valence-electron chi connectivity index (χ4n) is 2.35. The molecule has 0 aliphatic heterocycles. The molecule has 0 aliphatic carbocycles. The lowest BCUT2D eigenvalue weighted by molar-refractivity contribution is 0.570. The molecular formula is C16H16ClN3O. The minimum Gasteiger partial charge on any atom is -0.452 e. The van der Waals surface area contributed by atoms with Gasteiger partial charge >= 0.3 is 0 Å². The standard InChI is InChI=1S/C16H16ClN3O/c1-9(2)10-3-5-11(6-4-10)13-14(19-20-16(13)18)12-7-8-21-15(12)17/h3-9H,1-2H3,(H3,18,19,20). The molecule has 5 heteroatoms. The summed E-state index contributed by atoms with van der Waals surface area (Å²) < 4.78 is 5.15. The van der Waals surface area contributed by atoms with E-state index in [1.807, 2.05) is 12.1 Å². The maximum absolute atomic E-state index is 6.05. The fourth-order valence-corrected chi connectivity index (χ4v) is 2.56. The Kier molecular flexibility index (Phi) is 3.47. The molecular weight excluding hydrogens is 286 g/mol. The number of nitrogens with one attached hydrogen (secondary N) is 1. The summed E-state index contributed by atoms with van der Waals surface area (Å²) in [6.45, 7) is 4.33. The van der Waals surface area contributed by atoms with Crippen molar-refractivity contribution in [1.29, 1.82) is 0 Å². The molecule has 0 amide bonds. The van der Waals surface area contributed by atoms with Crippen LogP contribution in [-0.2, 0) is 0 Å². The van der Waals surface area contributed by atoms with E-state index < -0.39 is 0 Å². The van der Waals surface area contributed by atoms with Gasteiger partial charge in [-0.3, -0.25) is 5.10 Å². The van der Waals surface area contributed by atoms with E-state index >= 15 is 0 Å². The smallest absolute Gasteiger partial charge is 0.202 e. The summed E-state index contributed by atoms with van der Waals surface area (Å²) in [6, 6.07) is 10.1. The van der Waals surface area contributed by atoms with Crippen LogP contribution in [0.1, 0.15) is 25.3 Å². The van der Waals surface area contributed by atoms with Crippen molar-refractivity contribution >= 4 is 17.4 Å². The summed E-state index contributed by atoms with van der Waals surface area (Å²) in [7, 11) is 0. The van der Waals surface area contributed by atoms with Gasteiger partial charge in [-0.15, -0.1) is 0 Å². The van der Waals surface area contributed by atoms with Gasteiger partial charge in [0.1, 0.15) is 0 Å². The molecule has 0 aliphatic rings. The molecule has 0 radical (unpaired) electrons. The minimum absolute atomic E-state index is 0.318. The maximum Gasteiger partial charge on any atom is 0.202 e. The summed E-state index contributed by atoms with van der Waals surface area (Å²) >= 11 is 6.05. The zero-order valence-electron chi connectivity index (χ0n) is 11.9. The van der Waals surface area contributed by atoms with Crippen LogP contribution in [0, 0.1) is 0 Å². The fraction of sp³-hybridized carbons (Fsp3) is 0.188. The molecule has 2 heterocycles. The zero-order chi connectivity index (χ0) is 15.0. The molecule has 0 unspecified atom stereocenters. The number of nitrogens with zero attached hydrogens (tertiary/aromatic N) is 1. The predicted octanol–water partition coefficient (Wildman–Crippen LogP) is 4.70. The van der Waals surface area contributed by atoms with E-state index in [2.05, 4.69) is 36.2 Å². The first-order valence-corrected chi connectivity index (χ1v) is 7.13. The van der Waals surface area contributed by atoms with Gasteiger partial charge in [0.05, 0.1) is 23.1 Å². The predicted molar refractivity (Wildman–Crippen MR) is 85.2 cm³/mol. The largest absolute Gasteiger partial charge is 0.452 e. The number of hydrogen-bond acceptors (Lipinski definition) is 3. The van der Waals surface area contributed by atoms with E-state index in [9.17, 15) is 0 Å². The Bertz CT molecular complexity index is 756.